The molecular formula is C7H11N3O. The van der Waals surface area contributed by atoms with Crippen LogP contribution in [0.15, 0.2) is 4.52 Å². The quantitative estimate of drug-likeness (QED) is 0.636. The van der Waals surface area contributed by atoms with Crippen LogP contribution < -0.4 is 4.90 Å². The minimum Gasteiger partial charge on any atom is -0.344 e. The molecule has 1 aromatic heterocycles. The molecule has 0 spiro atoms. The zero-order valence-electron chi connectivity index (χ0n) is 6.74. The minimum atomic E-state index is 0.552. The fourth-order valence-corrected chi connectivity index (χ4v) is 0.905. The lowest BCUT2D eigenvalue weighted by Crippen LogP contribution is -2.10. The van der Waals surface area contributed by atoms with Crippen LogP contribution in [0.4, 0.5) is 5.95 Å². The van der Waals surface area contributed by atoms with Gasteiger partial charge in [0.05, 0.1) is 0 Å². The molecule has 0 amide bonds. The highest BCUT2D eigenvalue weighted by Gasteiger charge is 2.29. The van der Waals surface area contributed by atoms with Crippen molar-refractivity contribution in [2.24, 2.45) is 0 Å². The largest absolute Gasteiger partial charge is 0.344 e. The smallest absolute Gasteiger partial charge is 0.265 e. The van der Waals surface area contributed by atoms with Gasteiger partial charge in [0.15, 0.2) is 0 Å². The summed E-state index contributed by atoms with van der Waals surface area (Å²) < 4.78 is 5.05. The second-order valence-corrected chi connectivity index (χ2v) is 3.10. The van der Waals surface area contributed by atoms with E-state index in [1.165, 1.54) is 12.8 Å². The predicted octanol–water partition coefficient (Wildman–Crippen LogP) is 1.01. The average Bonchev–Trinajstić information content (AvgIpc) is 2.68. The van der Waals surface area contributed by atoms with Gasteiger partial charge in [0.2, 0.25) is 5.89 Å². The van der Waals surface area contributed by atoms with Gasteiger partial charge >= 0.3 is 0 Å². The van der Waals surface area contributed by atoms with Gasteiger partial charge < -0.3 is 9.42 Å². The van der Waals surface area contributed by atoms with Crippen molar-refractivity contribution in [1.82, 2.24) is 10.1 Å². The third-order valence-electron chi connectivity index (χ3n) is 1.76. The molecular weight excluding hydrogens is 142 g/mol. The summed E-state index contributed by atoms with van der Waals surface area (Å²) in [5.41, 5.74) is 0. The van der Waals surface area contributed by atoms with Crippen LogP contribution in [-0.2, 0) is 0 Å². The normalized spacial score (nSPS) is 16.9. The molecule has 4 nitrogen and oxygen atoms in total. The first-order valence-corrected chi connectivity index (χ1v) is 3.78. The van der Waals surface area contributed by atoms with Crippen LogP contribution in [0.25, 0.3) is 0 Å². The van der Waals surface area contributed by atoms with E-state index in [1.54, 1.807) is 0 Å². The molecule has 1 aliphatic rings. The van der Waals surface area contributed by atoms with Crippen LogP contribution in [0.3, 0.4) is 0 Å². The Balaban J connectivity index is 2.18. The molecule has 0 N–H and O–H groups in total. The maximum atomic E-state index is 5.05. The van der Waals surface area contributed by atoms with Gasteiger partial charge in [-0.05, 0) is 18.0 Å². The summed E-state index contributed by atoms with van der Waals surface area (Å²) in [5.74, 6) is 2.02. The van der Waals surface area contributed by atoms with Crippen molar-refractivity contribution >= 4 is 5.95 Å². The molecule has 0 unspecified atom stereocenters. The molecule has 11 heavy (non-hydrogen) atoms. The maximum Gasteiger partial charge on any atom is 0.265 e. The van der Waals surface area contributed by atoms with Crippen LogP contribution in [0.2, 0.25) is 0 Å². The number of anilines is 1. The monoisotopic (exact) mass is 153 g/mol. The highest BCUT2D eigenvalue weighted by molar-refractivity contribution is 5.24. The lowest BCUT2D eigenvalue weighted by atomic mass is 10.4. The first-order chi connectivity index (χ1) is 5.27. The van der Waals surface area contributed by atoms with E-state index in [0.717, 1.165) is 5.89 Å². The van der Waals surface area contributed by atoms with E-state index in [9.17, 15) is 0 Å². The van der Waals surface area contributed by atoms with Crippen LogP contribution in [-0.4, -0.2) is 24.2 Å². The number of aromatic nitrogens is 2. The Hall–Kier alpha value is -1.06. The van der Waals surface area contributed by atoms with Gasteiger partial charge in [-0.1, -0.05) is 0 Å². The molecule has 60 valence electrons. The molecule has 0 aliphatic heterocycles. The molecule has 0 aromatic carbocycles. The van der Waals surface area contributed by atoms with Crippen LogP contribution in [0.5, 0.6) is 0 Å². The SMILES string of the molecule is CN(C)c1noc(C2CC2)n1. The van der Waals surface area contributed by atoms with E-state index in [1.807, 2.05) is 19.0 Å². The summed E-state index contributed by atoms with van der Waals surface area (Å²) in [5, 5.41) is 3.82. The standard InChI is InChI=1S/C7H11N3O/c1-10(2)7-8-6(11-9-7)5-3-4-5/h5H,3-4H2,1-2H3. The van der Waals surface area contributed by atoms with Gasteiger partial charge in [-0.3, -0.25) is 0 Å². The van der Waals surface area contributed by atoms with E-state index in [4.69, 9.17) is 4.52 Å². The summed E-state index contributed by atoms with van der Waals surface area (Å²) in [6.45, 7) is 0. The lowest BCUT2D eigenvalue weighted by Gasteiger charge is -2.02. The van der Waals surface area contributed by atoms with Gasteiger partial charge in [-0.25, -0.2) is 0 Å². The summed E-state index contributed by atoms with van der Waals surface area (Å²) in [6.07, 6.45) is 2.41. The zero-order valence-corrected chi connectivity index (χ0v) is 6.74. The Kier molecular flexibility index (Phi) is 1.34. The fourth-order valence-electron chi connectivity index (χ4n) is 0.905. The summed E-state index contributed by atoms with van der Waals surface area (Å²) in [4.78, 5) is 6.06. The molecule has 0 atom stereocenters. The van der Waals surface area contributed by atoms with E-state index < -0.39 is 0 Å². The lowest BCUT2D eigenvalue weighted by molar-refractivity contribution is 0.379. The topological polar surface area (TPSA) is 42.2 Å². The Morgan fingerprint density at radius 1 is 1.45 bits per heavy atom. The van der Waals surface area contributed by atoms with Gasteiger partial charge in [-0.15, -0.1) is 0 Å². The van der Waals surface area contributed by atoms with E-state index >= 15 is 0 Å². The van der Waals surface area contributed by atoms with Crippen molar-refractivity contribution in [3.8, 4) is 0 Å². The Labute approximate surface area is 65.2 Å². The molecule has 0 saturated heterocycles. The number of nitrogens with zero attached hydrogens (tertiary/aromatic N) is 3. The van der Waals surface area contributed by atoms with E-state index in [2.05, 4.69) is 10.1 Å². The fraction of sp³-hybridized carbons (Fsp3) is 0.714. The predicted molar refractivity (Wildman–Crippen MR) is 40.6 cm³/mol. The van der Waals surface area contributed by atoms with Crippen molar-refractivity contribution in [3.63, 3.8) is 0 Å². The number of hydrogen-bond acceptors (Lipinski definition) is 4. The minimum absolute atomic E-state index is 0.552. The van der Waals surface area contributed by atoms with Crippen LogP contribution in [0.1, 0.15) is 24.7 Å². The molecule has 1 aliphatic carbocycles. The highest BCUT2D eigenvalue weighted by atomic mass is 16.5. The first-order valence-electron chi connectivity index (χ1n) is 3.78. The molecule has 1 heterocycles. The van der Waals surface area contributed by atoms with Crippen molar-refractivity contribution in [3.05, 3.63) is 5.89 Å². The first kappa shape index (κ1) is 6.64. The molecule has 1 aromatic rings. The Morgan fingerprint density at radius 2 is 2.18 bits per heavy atom. The van der Waals surface area contributed by atoms with Gasteiger partial charge in [0.25, 0.3) is 5.95 Å². The maximum absolute atomic E-state index is 5.05. The van der Waals surface area contributed by atoms with Crippen LogP contribution >= 0.6 is 0 Å². The van der Waals surface area contributed by atoms with Gasteiger partial charge in [0, 0.05) is 20.0 Å². The summed E-state index contributed by atoms with van der Waals surface area (Å²) in [7, 11) is 3.81. The second-order valence-electron chi connectivity index (χ2n) is 3.10. The third-order valence-corrected chi connectivity index (χ3v) is 1.76. The summed E-state index contributed by atoms with van der Waals surface area (Å²) >= 11 is 0. The summed E-state index contributed by atoms with van der Waals surface area (Å²) in [6, 6.07) is 0. The Bertz CT molecular complexity index is 235. The van der Waals surface area contributed by atoms with Crippen molar-refractivity contribution in [2.45, 2.75) is 18.8 Å². The Morgan fingerprint density at radius 3 is 2.64 bits per heavy atom. The molecule has 0 bridgehead atoms. The third kappa shape index (κ3) is 1.20. The van der Waals surface area contributed by atoms with Crippen molar-refractivity contribution in [2.75, 3.05) is 19.0 Å². The highest BCUT2D eigenvalue weighted by Crippen LogP contribution is 2.39. The van der Waals surface area contributed by atoms with E-state index in [0.29, 0.717) is 11.9 Å². The average molecular weight is 153 g/mol. The molecule has 1 fully saturated rings. The van der Waals surface area contributed by atoms with Crippen LogP contribution in [0, 0.1) is 0 Å². The van der Waals surface area contributed by atoms with Gasteiger partial charge in [0.1, 0.15) is 0 Å². The van der Waals surface area contributed by atoms with Crippen molar-refractivity contribution in [1.29, 1.82) is 0 Å². The van der Waals surface area contributed by atoms with Crippen molar-refractivity contribution < 1.29 is 4.52 Å². The zero-order chi connectivity index (χ0) is 7.84. The molecule has 0 radical (unpaired) electrons. The second kappa shape index (κ2) is 2.22. The molecule has 4 heteroatoms. The van der Waals surface area contributed by atoms with Gasteiger partial charge in [-0.2, -0.15) is 4.98 Å². The molecule has 2 rings (SSSR count). The van der Waals surface area contributed by atoms with E-state index in [-0.39, 0.29) is 0 Å². The number of hydrogen-bond donors (Lipinski definition) is 0. The molecule has 1 saturated carbocycles. The number of rotatable bonds is 2.